The first kappa shape index (κ1) is 15.7. The quantitative estimate of drug-likeness (QED) is 0.690. The predicted octanol–water partition coefficient (Wildman–Crippen LogP) is -0.0743. The van der Waals surface area contributed by atoms with Gasteiger partial charge in [0.25, 0.3) is 0 Å². The Hall–Kier alpha value is -1.31. The van der Waals surface area contributed by atoms with Crippen LogP contribution in [-0.2, 0) is 14.6 Å². The molecular formula is C11H20N2O5S. The minimum Gasteiger partial charge on any atom is -0.481 e. The molecule has 1 aliphatic rings. The van der Waals surface area contributed by atoms with E-state index < -0.39 is 21.7 Å². The number of carboxylic acids is 1. The maximum absolute atomic E-state index is 11.8. The summed E-state index contributed by atoms with van der Waals surface area (Å²) in [6, 6.07) is -0.669. The lowest BCUT2D eigenvalue weighted by Crippen LogP contribution is -2.44. The first-order chi connectivity index (χ1) is 8.72. The predicted molar refractivity (Wildman–Crippen MR) is 69.6 cm³/mol. The van der Waals surface area contributed by atoms with Crippen molar-refractivity contribution in [3.8, 4) is 0 Å². The molecule has 8 heteroatoms. The summed E-state index contributed by atoms with van der Waals surface area (Å²) in [6.45, 7) is 2.39. The average Bonchev–Trinajstić information content (AvgIpc) is 2.65. The number of amides is 2. The highest BCUT2D eigenvalue weighted by molar-refractivity contribution is 7.90. The van der Waals surface area contributed by atoms with Gasteiger partial charge in [-0.15, -0.1) is 0 Å². The smallest absolute Gasteiger partial charge is 0.317 e. The largest absolute Gasteiger partial charge is 0.481 e. The lowest BCUT2D eigenvalue weighted by atomic mass is 10.0. The molecule has 0 aromatic carbocycles. The van der Waals surface area contributed by atoms with E-state index in [4.69, 9.17) is 5.11 Å². The van der Waals surface area contributed by atoms with Gasteiger partial charge in [-0.1, -0.05) is 0 Å². The van der Waals surface area contributed by atoms with Crippen molar-refractivity contribution in [1.29, 1.82) is 0 Å². The van der Waals surface area contributed by atoms with E-state index in [1.165, 1.54) is 4.90 Å². The molecule has 110 valence electrons. The Morgan fingerprint density at radius 1 is 1.42 bits per heavy atom. The molecular weight excluding hydrogens is 272 g/mol. The van der Waals surface area contributed by atoms with E-state index in [1.807, 2.05) is 0 Å². The number of nitrogens with one attached hydrogen (secondary N) is 1. The van der Waals surface area contributed by atoms with Crippen molar-refractivity contribution >= 4 is 21.8 Å². The lowest BCUT2D eigenvalue weighted by molar-refractivity contribution is -0.142. The summed E-state index contributed by atoms with van der Waals surface area (Å²) in [4.78, 5) is 24.2. The highest BCUT2D eigenvalue weighted by Gasteiger charge is 2.37. The molecule has 7 nitrogen and oxygen atoms in total. The number of carbonyl (C=O) groups excluding carboxylic acids is 1. The minimum absolute atomic E-state index is 0.0284. The van der Waals surface area contributed by atoms with Crippen LogP contribution in [0.2, 0.25) is 0 Å². The molecule has 1 rings (SSSR count). The fraction of sp³-hybridized carbons (Fsp3) is 0.818. The molecule has 2 atom stereocenters. The van der Waals surface area contributed by atoms with Crippen LogP contribution < -0.4 is 5.32 Å². The zero-order valence-electron chi connectivity index (χ0n) is 11.1. The molecule has 2 N–H and O–H groups in total. The van der Waals surface area contributed by atoms with Gasteiger partial charge < -0.3 is 15.3 Å². The van der Waals surface area contributed by atoms with Crippen molar-refractivity contribution < 1.29 is 23.1 Å². The molecule has 2 unspecified atom stereocenters. The summed E-state index contributed by atoms with van der Waals surface area (Å²) in [5.74, 6) is -1.39. The van der Waals surface area contributed by atoms with E-state index >= 15 is 0 Å². The van der Waals surface area contributed by atoms with E-state index in [1.54, 1.807) is 6.92 Å². The first-order valence-corrected chi connectivity index (χ1v) is 8.23. The molecule has 1 saturated heterocycles. The Balaban J connectivity index is 2.37. The highest BCUT2D eigenvalue weighted by Crippen LogP contribution is 2.24. The summed E-state index contributed by atoms with van der Waals surface area (Å²) in [6.07, 6.45) is 1.96. The molecule has 0 aromatic heterocycles. The molecule has 19 heavy (non-hydrogen) atoms. The Kier molecular flexibility index (Phi) is 5.16. The standard InChI is InChI=1S/C11H20N2O5S/c1-8-9(10(14)15)4-6-13(8)11(16)12-5-3-7-19(2,17)18/h8-9H,3-7H2,1-2H3,(H,12,16)(H,14,15). The zero-order chi connectivity index (χ0) is 14.6. The Bertz CT molecular complexity index is 448. The molecule has 0 spiro atoms. The van der Waals surface area contributed by atoms with E-state index in [-0.39, 0.29) is 24.4 Å². The number of carboxylic acid groups (broad SMARTS) is 1. The van der Waals surface area contributed by atoms with Gasteiger partial charge in [-0.3, -0.25) is 4.79 Å². The van der Waals surface area contributed by atoms with Crippen molar-refractivity contribution in [1.82, 2.24) is 10.2 Å². The van der Waals surface area contributed by atoms with E-state index in [9.17, 15) is 18.0 Å². The van der Waals surface area contributed by atoms with Crippen molar-refractivity contribution in [3.63, 3.8) is 0 Å². The van der Waals surface area contributed by atoms with Gasteiger partial charge in [0, 0.05) is 25.4 Å². The second-order valence-electron chi connectivity index (χ2n) is 4.88. The average molecular weight is 292 g/mol. The van der Waals surface area contributed by atoms with E-state index in [2.05, 4.69) is 5.32 Å². The zero-order valence-corrected chi connectivity index (χ0v) is 11.9. The third kappa shape index (κ3) is 4.70. The molecule has 0 radical (unpaired) electrons. The fourth-order valence-corrected chi connectivity index (χ4v) is 2.86. The van der Waals surface area contributed by atoms with Gasteiger partial charge in [0.2, 0.25) is 0 Å². The van der Waals surface area contributed by atoms with Crippen LogP contribution >= 0.6 is 0 Å². The first-order valence-electron chi connectivity index (χ1n) is 6.17. The fourth-order valence-electron chi connectivity index (χ4n) is 2.19. The molecule has 0 aromatic rings. The SMILES string of the molecule is CC1C(C(=O)O)CCN1C(=O)NCCCS(C)(=O)=O. The number of likely N-dealkylation sites (tertiary alicyclic amines) is 1. The number of aliphatic carboxylic acids is 1. The number of hydrogen-bond acceptors (Lipinski definition) is 4. The van der Waals surface area contributed by atoms with Gasteiger partial charge in [-0.05, 0) is 19.8 Å². The molecule has 1 aliphatic heterocycles. The summed E-state index contributed by atoms with van der Waals surface area (Å²) in [7, 11) is -3.01. The number of sulfone groups is 1. The van der Waals surface area contributed by atoms with Crippen molar-refractivity contribution in [2.24, 2.45) is 5.92 Å². The lowest BCUT2D eigenvalue weighted by Gasteiger charge is -2.23. The van der Waals surface area contributed by atoms with Crippen LogP contribution in [-0.4, -0.2) is 61.6 Å². The van der Waals surface area contributed by atoms with Crippen LogP contribution in [0.4, 0.5) is 4.79 Å². The van der Waals surface area contributed by atoms with Crippen LogP contribution in [0.25, 0.3) is 0 Å². The normalized spacial score (nSPS) is 23.4. The Labute approximate surface area is 112 Å². The number of carbonyl (C=O) groups is 2. The van der Waals surface area contributed by atoms with Gasteiger partial charge in [0.1, 0.15) is 9.84 Å². The monoisotopic (exact) mass is 292 g/mol. The number of hydrogen-bond donors (Lipinski definition) is 2. The topological polar surface area (TPSA) is 104 Å². The van der Waals surface area contributed by atoms with E-state index in [0.29, 0.717) is 19.4 Å². The van der Waals surface area contributed by atoms with Crippen LogP contribution in [0.15, 0.2) is 0 Å². The maximum atomic E-state index is 11.8. The second kappa shape index (κ2) is 6.23. The third-order valence-electron chi connectivity index (χ3n) is 3.30. The van der Waals surface area contributed by atoms with Crippen LogP contribution in [0.5, 0.6) is 0 Å². The Morgan fingerprint density at radius 3 is 2.53 bits per heavy atom. The molecule has 0 bridgehead atoms. The van der Waals surface area contributed by atoms with Crippen LogP contribution in [0, 0.1) is 5.92 Å². The summed E-state index contributed by atoms with van der Waals surface area (Å²) >= 11 is 0. The molecule has 1 heterocycles. The van der Waals surface area contributed by atoms with Gasteiger partial charge in [0.15, 0.2) is 0 Å². The highest BCUT2D eigenvalue weighted by atomic mass is 32.2. The van der Waals surface area contributed by atoms with E-state index in [0.717, 1.165) is 6.26 Å². The second-order valence-corrected chi connectivity index (χ2v) is 7.14. The number of nitrogens with zero attached hydrogens (tertiary/aromatic N) is 1. The third-order valence-corrected chi connectivity index (χ3v) is 4.33. The molecule has 0 aliphatic carbocycles. The van der Waals surface area contributed by atoms with Crippen molar-refractivity contribution in [2.75, 3.05) is 25.1 Å². The summed E-state index contributed by atoms with van der Waals surface area (Å²) in [5, 5.41) is 11.6. The molecule has 0 saturated carbocycles. The van der Waals surface area contributed by atoms with Gasteiger partial charge in [-0.25, -0.2) is 13.2 Å². The number of rotatable bonds is 5. The maximum Gasteiger partial charge on any atom is 0.317 e. The number of urea groups is 1. The van der Waals surface area contributed by atoms with Crippen LogP contribution in [0.1, 0.15) is 19.8 Å². The van der Waals surface area contributed by atoms with Crippen molar-refractivity contribution in [3.05, 3.63) is 0 Å². The molecule has 1 fully saturated rings. The summed E-state index contributed by atoms with van der Waals surface area (Å²) < 4.78 is 21.8. The van der Waals surface area contributed by atoms with Gasteiger partial charge in [-0.2, -0.15) is 0 Å². The molecule has 2 amide bonds. The van der Waals surface area contributed by atoms with Gasteiger partial charge >= 0.3 is 12.0 Å². The van der Waals surface area contributed by atoms with Crippen molar-refractivity contribution in [2.45, 2.75) is 25.8 Å². The minimum atomic E-state index is -3.01. The Morgan fingerprint density at radius 2 is 2.05 bits per heavy atom. The van der Waals surface area contributed by atoms with Crippen LogP contribution in [0.3, 0.4) is 0 Å². The van der Waals surface area contributed by atoms with Gasteiger partial charge in [0.05, 0.1) is 11.7 Å². The summed E-state index contributed by atoms with van der Waals surface area (Å²) in [5.41, 5.74) is 0.